The van der Waals surface area contributed by atoms with Crippen molar-refractivity contribution in [1.82, 2.24) is 0 Å². The first-order valence-electron chi connectivity index (χ1n) is 6.10. The van der Waals surface area contributed by atoms with Gasteiger partial charge in [-0.2, -0.15) is 0 Å². The highest BCUT2D eigenvalue weighted by molar-refractivity contribution is 7.80. The van der Waals surface area contributed by atoms with Crippen LogP contribution in [0.2, 0.25) is 0 Å². The van der Waals surface area contributed by atoms with Crippen LogP contribution in [-0.4, -0.2) is 17.7 Å². The normalized spacial score (nSPS) is 10.9. The van der Waals surface area contributed by atoms with Crippen LogP contribution in [0.25, 0.3) is 21.9 Å². The lowest BCUT2D eigenvalue weighted by Gasteiger charge is -2.10. The summed E-state index contributed by atoms with van der Waals surface area (Å²) in [5.74, 6) is -1.01. The molecule has 0 aliphatic heterocycles. The Hall–Kier alpha value is -2.47. The van der Waals surface area contributed by atoms with Crippen LogP contribution in [0.15, 0.2) is 50.5 Å². The average Bonchev–Trinajstić information content (AvgIpc) is 2.47. The molecule has 1 heterocycles. The minimum atomic E-state index is -1.13. The molecule has 0 amide bonds. The van der Waals surface area contributed by atoms with Gasteiger partial charge in [-0.05, 0) is 24.3 Å². The number of thiol groups is 1. The van der Waals surface area contributed by atoms with Gasteiger partial charge in [-0.3, -0.25) is 4.79 Å². The Morgan fingerprint density at radius 1 is 1.19 bits per heavy atom. The minimum Gasteiger partial charge on any atom is -0.480 e. The fourth-order valence-electron chi connectivity index (χ4n) is 2.13. The van der Waals surface area contributed by atoms with Crippen molar-refractivity contribution < 1.29 is 19.1 Å². The summed E-state index contributed by atoms with van der Waals surface area (Å²) in [7, 11) is 0. The van der Waals surface area contributed by atoms with E-state index in [0.29, 0.717) is 21.4 Å². The topological polar surface area (TPSA) is 76.7 Å². The second kappa shape index (κ2) is 5.14. The average molecular weight is 302 g/mol. The second-order valence-electron chi connectivity index (χ2n) is 4.40. The number of carboxylic acid groups (broad SMARTS) is 1. The molecule has 0 saturated heterocycles. The van der Waals surface area contributed by atoms with Crippen LogP contribution < -0.4 is 10.2 Å². The standard InChI is InChI=1S/C15H10O5S/c16-12(17)7-19-15-11(21)6-5-10-13(15)14(18)8-3-1-2-4-9(8)20-10/h1-6,21H,7H2,(H,16,17). The molecule has 3 rings (SSSR count). The van der Waals surface area contributed by atoms with Crippen LogP contribution in [-0.2, 0) is 4.79 Å². The van der Waals surface area contributed by atoms with Crippen LogP contribution >= 0.6 is 12.6 Å². The molecule has 0 aliphatic rings. The molecule has 1 aromatic heterocycles. The van der Waals surface area contributed by atoms with Gasteiger partial charge in [0.25, 0.3) is 0 Å². The van der Waals surface area contributed by atoms with Crippen molar-refractivity contribution in [3.63, 3.8) is 0 Å². The van der Waals surface area contributed by atoms with Gasteiger partial charge in [0.05, 0.1) is 5.39 Å². The molecule has 5 nitrogen and oxygen atoms in total. The first-order valence-corrected chi connectivity index (χ1v) is 6.55. The number of ether oxygens (including phenoxy) is 1. The molecule has 0 radical (unpaired) electrons. The van der Waals surface area contributed by atoms with Gasteiger partial charge in [-0.25, -0.2) is 4.79 Å². The summed E-state index contributed by atoms with van der Waals surface area (Å²) in [5, 5.41) is 9.33. The summed E-state index contributed by atoms with van der Waals surface area (Å²) in [6.45, 7) is -0.557. The minimum absolute atomic E-state index is 0.123. The van der Waals surface area contributed by atoms with Gasteiger partial charge >= 0.3 is 5.97 Å². The zero-order valence-corrected chi connectivity index (χ0v) is 11.6. The Morgan fingerprint density at radius 3 is 2.71 bits per heavy atom. The van der Waals surface area contributed by atoms with Gasteiger partial charge in [0, 0.05) is 4.90 Å². The highest BCUT2D eigenvalue weighted by Gasteiger charge is 2.15. The summed E-state index contributed by atoms with van der Waals surface area (Å²) in [6, 6.07) is 10.0. The van der Waals surface area contributed by atoms with E-state index in [4.69, 9.17) is 14.3 Å². The van der Waals surface area contributed by atoms with Crippen molar-refractivity contribution in [3.05, 3.63) is 46.6 Å². The van der Waals surface area contributed by atoms with E-state index in [0.717, 1.165) is 0 Å². The van der Waals surface area contributed by atoms with Crippen molar-refractivity contribution >= 4 is 40.5 Å². The zero-order valence-electron chi connectivity index (χ0n) is 10.7. The molecule has 3 aromatic rings. The van der Waals surface area contributed by atoms with Crippen LogP contribution in [0.3, 0.4) is 0 Å². The molecule has 0 aliphatic carbocycles. The molecule has 1 N–H and O–H groups in total. The van der Waals surface area contributed by atoms with E-state index >= 15 is 0 Å². The number of carbonyl (C=O) groups is 1. The van der Waals surface area contributed by atoms with Crippen molar-refractivity contribution in [3.8, 4) is 5.75 Å². The predicted molar refractivity (Wildman–Crippen MR) is 80.4 cm³/mol. The molecule has 6 heteroatoms. The summed E-state index contributed by atoms with van der Waals surface area (Å²) in [5.41, 5.74) is 0.520. The largest absolute Gasteiger partial charge is 0.480 e. The van der Waals surface area contributed by atoms with Crippen LogP contribution in [0.4, 0.5) is 0 Å². The molecule has 0 bridgehead atoms. The molecule has 0 saturated carbocycles. The van der Waals surface area contributed by atoms with E-state index in [1.165, 1.54) is 0 Å². The maximum atomic E-state index is 12.6. The molecule has 21 heavy (non-hydrogen) atoms. The molecule has 106 valence electrons. The fraction of sp³-hybridized carbons (Fsp3) is 0.0667. The second-order valence-corrected chi connectivity index (χ2v) is 4.88. The SMILES string of the molecule is O=C(O)COc1c(S)ccc2oc3ccccc3c(=O)c12. The number of aliphatic carboxylic acids is 1. The quantitative estimate of drug-likeness (QED) is 0.574. The van der Waals surface area contributed by atoms with Crippen molar-refractivity contribution in [1.29, 1.82) is 0 Å². The molecule has 2 aromatic carbocycles. The lowest BCUT2D eigenvalue weighted by atomic mass is 10.1. The van der Waals surface area contributed by atoms with Gasteiger partial charge in [-0.1, -0.05) is 12.1 Å². The number of hydrogen-bond donors (Lipinski definition) is 2. The highest BCUT2D eigenvalue weighted by atomic mass is 32.1. The summed E-state index contributed by atoms with van der Waals surface area (Å²) >= 11 is 4.22. The van der Waals surface area contributed by atoms with Gasteiger partial charge in [0.15, 0.2) is 6.61 Å². The number of carboxylic acids is 1. The smallest absolute Gasteiger partial charge is 0.341 e. The van der Waals surface area contributed by atoms with E-state index in [-0.39, 0.29) is 16.6 Å². The number of fused-ring (bicyclic) bond motifs is 2. The Kier molecular flexibility index (Phi) is 3.31. The van der Waals surface area contributed by atoms with E-state index in [2.05, 4.69) is 12.6 Å². The number of rotatable bonds is 3. The zero-order chi connectivity index (χ0) is 15.0. The fourth-order valence-corrected chi connectivity index (χ4v) is 2.38. The third kappa shape index (κ3) is 2.34. The third-order valence-corrected chi connectivity index (χ3v) is 3.37. The van der Waals surface area contributed by atoms with Crippen LogP contribution in [0.5, 0.6) is 5.75 Å². The number of hydrogen-bond acceptors (Lipinski definition) is 5. The maximum Gasteiger partial charge on any atom is 0.341 e. The van der Waals surface area contributed by atoms with E-state index in [9.17, 15) is 9.59 Å². The van der Waals surface area contributed by atoms with Gasteiger partial charge in [0.1, 0.15) is 22.3 Å². The van der Waals surface area contributed by atoms with Crippen LogP contribution in [0.1, 0.15) is 0 Å². The Morgan fingerprint density at radius 2 is 1.95 bits per heavy atom. The lowest BCUT2D eigenvalue weighted by molar-refractivity contribution is -0.139. The first kappa shape index (κ1) is 13.5. The molecule has 0 spiro atoms. The summed E-state index contributed by atoms with van der Waals surface area (Å²) in [6.07, 6.45) is 0. The van der Waals surface area contributed by atoms with Gasteiger partial charge in [0.2, 0.25) is 5.43 Å². The predicted octanol–water partition coefficient (Wildman–Crippen LogP) is 2.70. The Labute approximate surface area is 124 Å². The van der Waals surface area contributed by atoms with Crippen LogP contribution in [0, 0.1) is 0 Å². The number of benzene rings is 2. The third-order valence-electron chi connectivity index (χ3n) is 3.02. The number of para-hydroxylation sites is 1. The molecular weight excluding hydrogens is 292 g/mol. The van der Waals surface area contributed by atoms with Crippen molar-refractivity contribution in [2.24, 2.45) is 0 Å². The molecule has 0 atom stereocenters. The molecule has 0 unspecified atom stereocenters. The Balaban J connectivity index is 2.35. The summed E-state index contributed by atoms with van der Waals surface area (Å²) in [4.78, 5) is 23.6. The van der Waals surface area contributed by atoms with Crippen molar-refractivity contribution in [2.45, 2.75) is 4.90 Å². The highest BCUT2D eigenvalue weighted by Crippen LogP contribution is 2.32. The lowest BCUT2D eigenvalue weighted by Crippen LogP contribution is -2.12. The summed E-state index contributed by atoms with van der Waals surface area (Å²) < 4.78 is 10.9. The van der Waals surface area contributed by atoms with Gasteiger partial charge < -0.3 is 14.3 Å². The van der Waals surface area contributed by atoms with E-state index in [1.54, 1.807) is 36.4 Å². The van der Waals surface area contributed by atoms with Crippen molar-refractivity contribution in [2.75, 3.05) is 6.61 Å². The van der Waals surface area contributed by atoms with E-state index in [1.807, 2.05) is 0 Å². The van der Waals surface area contributed by atoms with Gasteiger partial charge in [-0.15, -0.1) is 12.6 Å². The molecule has 0 fully saturated rings. The van der Waals surface area contributed by atoms with E-state index < -0.39 is 12.6 Å². The maximum absolute atomic E-state index is 12.6. The monoisotopic (exact) mass is 302 g/mol. The first-order chi connectivity index (χ1) is 10.1. The molecular formula is C15H10O5S. The Bertz CT molecular complexity index is 913.